The predicted octanol–water partition coefficient (Wildman–Crippen LogP) is 2.10. The van der Waals surface area contributed by atoms with Gasteiger partial charge in [0.1, 0.15) is 10.7 Å². The van der Waals surface area contributed by atoms with Crippen LogP contribution in [0.1, 0.15) is 25.5 Å². The van der Waals surface area contributed by atoms with Gasteiger partial charge in [0, 0.05) is 18.8 Å². The SMILES string of the molecule is CCOC(=N)/C(Cl)=C(\N)C(=O)Nc1ccc([C@H]2CNC[C@@H](C)O2)cc1. The second-order valence-electron chi connectivity index (χ2n) is 5.66. The number of halogens is 1. The van der Waals surface area contributed by atoms with Gasteiger partial charge in [-0.05, 0) is 31.5 Å². The minimum atomic E-state index is -0.591. The Labute approximate surface area is 152 Å². The molecule has 25 heavy (non-hydrogen) atoms. The number of hydrogen-bond donors (Lipinski definition) is 4. The first-order valence-corrected chi connectivity index (χ1v) is 8.44. The van der Waals surface area contributed by atoms with Crippen LogP contribution in [0, 0.1) is 5.41 Å². The van der Waals surface area contributed by atoms with E-state index in [4.69, 9.17) is 32.2 Å². The molecule has 0 unspecified atom stereocenters. The standard InChI is InChI=1S/C17H23ClN4O3/c1-3-24-16(20)14(18)15(19)17(23)22-12-6-4-11(5-7-12)13-9-21-8-10(2)25-13/h4-7,10,13,20-21H,3,8-9,19H2,1-2H3,(H,22,23)/b15-14+,20-16?/t10-,13-/m1/s1. The fraction of sp³-hybridized carbons (Fsp3) is 0.412. The zero-order chi connectivity index (χ0) is 18.4. The van der Waals surface area contributed by atoms with E-state index in [1.165, 1.54) is 0 Å². The van der Waals surface area contributed by atoms with E-state index >= 15 is 0 Å². The molecule has 0 spiro atoms. The summed E-state index contributed by atoms with van der Waals surface area (Å²) in [5, 5.41) is 13.3. The van der Waals surface area contributed by atoms with Crippen molar-refractivity contribution in [3.63, 3.8) is 0 Å². The Hall–Kier alpha value is -2.09. The molecule has 0 aromatic heterocycles. The van der Waals surface area contributed by atoms with Gasteiger partial charge in [-0.15, -0.1) is 0 Å². The molecule has 1 aliphatic heterocycles. The number of nitrogens with two attached hydrogens (primary N) is 1. The maximum Gasteiger partial charge on any atom is 0.273 e. The zero-order valence-corrected chi connectivity index (χ0v) is 15.0. The van der Waals surface area contributed by atoms with Crippen LogP contribution in [0.5, 0.6) is 0 Å². The summed E-state index contributed by atoms with van der Waals surface area (Å²) in [6.07, 6.45) is 0.144. The lowest BCUT2D eigenvalue weighted by Crippen LogP contribution is -2.38. The molecule has 7 nitrogen and oxygen atoms in total. The van der Waals surface area contributed by atoms with Gasteiger partial charge in [-0.25, -0.2) is 0 Å². The van der Waals surface area contributed by atoms with Crippen molar-refractivity contribution in [2.45, 2.75) is 26.1 Å². The van der Waals surface area contributed by atoms with Gasteiger partial charge in [0.05, 0.1) is 18.8 Å². The van der Waals surface area contributed by atoms with Crippen LogP contribution >= 0.6 is 11.6 Å². The van der Waals surface area contributed by atoms with E-state index in [0.717, 1.165) is 18.7 Å². The first-order valence-electron chi connectivity index (χ1n) is 8.06. The Morgan fingerprint density at radius 1 is 1.44 bits per heavy atom. The fourth-order valence-corrected chi connectivity index (χ4v) is 2.54. The summed E-state index contributed by atoms with van der Waals surface area (Å²) in [4.78, 5) is 12.1. The van der Waals surface area contributed by atoms with Crippen molar-refractivity contribution in [2.75, 3.05) is 25.0 Å². The number of benzene rings is 1. The number of carbonyl (C=O) groups is 1. The highest BCUT2D eigenvalue weighted by atomic mass is 35.5. The van der Waals surface area contributed by atoms with Crippen molar-refractivity contribution >= 4 is 29.1 Å². The van der Waals surface area contributed by atoms with Gasteiger partial charge >= 0.3 is 0 Å². The van der Waals surface area contributed by atoms with Crippen molar-refractivity contribution in [1.29, 1.82) is 5.41 Å². The van der Waals surface area contributed by atoms with Crippen LogP contribution in [-0.4, -0.2) is 37.6 Å². The van der Waals surface area contributed by atoms with Crippen molar-refractivity contribution in [1.82, 2.24) is 5.32 Å². The third-order valence-electron chi connectivity index (χ3n) is 3.67. The normalized spacial score (nSPS) is 21.2. The summed E-state index contributed by atoms with van der Waals surface area (Å²) < 4.78 is 10.8. The van der Waals surface area contributed by atoms with Crippen LogP contribution in [0.2, 0.25) is 0 Å². The van der Waals surface area contributed by atoms with Crippen LogP contribution in [-0.2, 0) is 14.3 Å². The number of hydrogen-bond acceptors (Lipinski definition) is 6. The molecule has 1 aliphatic rings. The lowest BCUT2D eigenvalue weighted by Gasteiger charge is -2.29. The molecule has 136 valence electrons. The maximum atomic E-state index is 12.1. The first kappa shape index (κ1) is 19.2. The lowest BCUT2D eigenvalue weighted by molar-refractivity contribution is -0.112. The van der Waals surface area contributed by atoms with Gasteiger partial charge in [0.15, 0.2) is 0 Å². The highest BCUT2D eigenvalue weighted by Crippen LogP contribution is 2.23. The highest BCUT2D eigenvalue weighted by Gasteiger charge is 2.20. The average molecular weight is 367 g/mol. The van der Waals surface area contributed by atoms with Crippen molar-refractivity contribution < 1.29 is 14.3 Å². The van der Waals surface area contributed by atoms with E-state index in [-0.39, 0.29) is 35.4 Å². The summed E-state index contributed by atoms with van der Waals surface area (Å²) in [5.74, 6) is -0.922. The lowest BCUT2D eigenvalue weighted by atomic mass is 10.1. The Morgan fingerprint density at radius 3 is 2.72 bits per heavy atom. The Kier molecular flexibility index (Phi) is 6.81. The van der Waals surface area contributed by atoms with Crippen molar-refractivity contribution in [2.24, 2.45) is 5.73 Å². The molecule has 1 aromatic rings. The molecule has 1 fully saturated rings. The number of anilines is 1. The second kappa shape index (κ2) is 8.84. The minimum absolute atomic E-state index is 0.0143. The second-order valence-corrected chi connectivity index (χ2v) is 6.04. The minimum Gasteiger partial charge on any atom is -0.477 e. The smallest absolute Gasteiger partial charge is 0.273 e. The van der Waals surface area contributed by atoms with Gasteiger partial charge < -0.3 is 25.8 Å². The number of morpholine rings is 1. The fourth-order valence-electron chi connectivity index (χ4n) is 2.40. The summed E-state index contributed by atoms with van der Waals surface area (Å²) in [5.41, 5.74) is 7.02. The number of amides is 1. The van der Waals surface area contributed by atoms with E-state index < -0.39 is 5.91 Å². The Balaban J connectivity index is 2.02. The first-order chi connectivity index (χ1) is 11.9. The molecule has 1 aromatic carbocycles. The molecule has 2 atom stereocenters. The molecule has 5 N–H and O–H groups in total. The zero-order valence-electron chi connectivity index (χ0n) is 14.3. The number of rotatable bonds is 5. The topological polar surface area (TPSA) is 109 Å². The number of carbonyl (C=O) groups excluding carboxylic acids is 1. The Morgan fingerprint density at radius 2 is 2.12 bits per heavy atom. The van der Waals surface area contributed by atoms with Crippen LogP contribution in [0.25, 0.3) is 0 Å². The van der Waals surface area contributed by atoms with Gasteiger partial charge in [0.25, 0.3) is 5.91 Å². The van der Waals surface area contributed by atoms with E-state index in [9.17, 15) is 4.79 Å². The molecule has 0 aliphatic carbocycles. The van der Waals surface area contributed by atoms with E-state index in [1.807, 2.05) is 19.1 Å². The van der Waals surface area contributed by atoms with Crippen LogP contribution < -0.4 is 16.4 Å². The molecule has 1 heterocycles. The largest absolute Gasteiger partial charge is 0.477 e. The predicted molar refractivity (Wildman–Crippen MR) is 97.6 cm³/mol. The third kappa shape index (κ3) is 5.19. The van der Waals surface area contributed by atoms with Gasteiger partial charge in [-0.3, -0.25) is 10.2 Å². The summed E-state index contributed by atoms with van der Waals surface area (Å²) in [6.45, 7) is 5.59. The van der Waals surface area contributed by atoms with Crippen LogP contribution in [0.15, 0.2) is 35.0 Å². The maximum absolute atomic E-state index is 12.1. The third-order valence-corrected chi connectivity index (χ3v) is 4.04. The summed E-state index contributed by atoms with van der Waals surface area (Å²) in [6, 6.07) is 7.32. The quantitative estimate of drug-likeness (QED) is 0.362. The van der Waals surface area contributed by atoms with E-state index in [0.29, 0.717) is 5.69 Å². The molecule has 8 heteroatoms. The van der Waals surface area contributed by atoms with Crippen molar-refractivity contribution in [3.05, 3.63) is 40.6 Å². The molecular weight excluding hydrogens is 344 g/mol. The van der Waals surface area contributed by atoms with Crippen LogP contribution in [0.3, 0.4) is 0 Å². The Bertz CT molecular complexity index is 660. The molecule has 0 radical (unpaired) electrons. The summed E-state index contributed by atoms with van der Waals surface area (Å²) >= 11 is 5.88. The molecule has 0 bridgehead atoms. The van der Waals surface area contributed by atoms with Crippen molar-refractivity contribution in [3.8, 4) is 0 Å². The van der Waals surface area contributed by atoms with E-state index in [2.05, 4.69) is 10.6 Å². The van der Waals surface area contributed by atoms with E-state index in [1.54, 1.807) is 19.1 Å². The molecule has 1 amide bonds. The molecule has 2 rings (SSSR count). The molecule has 1 saturated heterocycles. The number of nitrogens with one attached hydrogen (secondary N) is 3. The summed E-state index contributed by atoms with van der Waals surface area (Å²) in [7, 11) is 0. The van der Waals surface area contributed by atoms with Crippen LogP contribution in [0.4, 0.5) is 5.69 Å². The van der Waals surface area contributed by atoms with Gasteiger partial charge in [0.2, 0.25) is 5.90 Å². The van der Waals surface area contributed by atoms with Gasteiger partial charge in [-0.1, -0.05) is 23.7 Å². The van der Waals surface area contributed by atoms with Gasteiger partial charge in [-0.2, -0.15) is 0 Å². The monoisotopic (exact) mass is 366 g/mol. The molecule has 0 saturated carbocycles. The number of ether oxygens (including phenoxy) is 2. The molecular formula is C17H23ClN4O3. The average Bonchev–Trinajstić information content (AvgIpc) is 2.61. The highest BCUT2D eigenvalue weighted by molar-refractivity contribution is 6.43.